The summed E-state index contributed by atoms with van der Waals surface area (Å²) < 4.78 is 0. The molecule has 6 atom stereocenters. The summed E-state index contributed by atoms with van der Waals surface area (Å²) in [4.78, 5) is 98.7. The number of hydrogen-bond donors (Lipinski definition) is 10. The second kappa shape index (κ2) is 22.9. The molecule has 2 aromatic carbocycles. The Kier molecular flexibility index (Phi) is 18.2. The summed E-state index contributed by atoms with van der Waals surface area (Å²) in [6.07, 6.45) is 3.97. The number of aliphatic imine (C=N–C) groups is 1. The summed E-state index contributed by atoms with van der Waals surface area (Å²) in [5.41, 5.74) is 18.9. The third-order valence-corrected chi connectivity index (χ3v) is 9.30. The molecule has 0 fully saturated rings. The number of nitrogens with zero attached hydrogens (tertiary/aromatic N) is 1. The number of guanidine groups is 1. The molecule has 0 unspecified atom stereocenters. The van der Waals surface area contributed by atoms with Crippen molar-refractivity contribution in [1.29, 1.82) is 0 Å². The minimum Gasteiger partial charge on any atom is -0.370 e. The van der Waals surface area contributed by atoms with Crippen molar-refractivity contribution in [1.82, 2.24) is 36.9 Å². The molecule has 18 nitrogen and oxygen atoms in total. The van der Waals surface area contributed by atoms with Gasteiger partial charge in [0.05, 0.1) is 0 Å². The molecule has 0 saturated carbocycles. The standard InChI is InChI=1S/C40H57N11O7/c1-5-6-16-30(48-25(4)52)37(56)46-24(3)36(55)51-33(20-26-13-8-7-9-14-26)39(58)49-31(18-12-19-44-40(42)43)38(57)47-23(2)35(54)50-32(34(41)53)21-27-22-45-29-17-11-10-15-28(27)29/h7-11,13-15,17,22-24,30-33,45H,5-6,12,16,18-21H2,1-4H3,(H2,41,53)(H,46,56)(H,47,57)(H,48,52)(H,49,58)(H,50,54)(H,51,55)(H4,42,43,44)/t23-,24-,30-,31-,32-,33+/m0/s1. The minimum absolute atomic E-state index is 0.0240. The van der Waals surface area contributed by atoms with E-state index in [1.54, 1.807) is 36.5 Å². The van der Waals surface area contributed by atoms with Crippen LogP contribution in [0.2, 0.25) is 0 Å². The van der Waals surface area contributed by atoms with Crippen molar-refractivity contribution in [2.24, 2.45) is 22.2 Å². The van der Waals surface area contributed by atoms with E-state index in [9.17, 15) is 33.6 Å². The van der Waals surface area contributed by atoms with E-state index in [0.29, 0.717) is 18.4 Å². The molecule has 0 saturated heterocycles. The van der Waals surface area contributed by atoms with Gasteiger partial charge in [-0.05, 0) is 50.3 Å². The van der Waals surface area contributed by atoms with Crippen LogP contribution in [0.15, 0.2) is 65.8 Å². The Balaban J connectivity index is 1.76. The summed E-state index contributed by atoms with van der Waals surface area (Å²) >= 11 is 0. The van der Waals surface area contributed by atoms with Crippen LogP contribution in [-0.4, -0.2) is 95.1 Å². The molecule has 7 amide bonds. The monoisotopic (exact) mass is 803 g/mol. The van der Waals surface area contributed by atoms with Gasteiger partial charge in [0.1, 0.15) is 36.3 Å². The highest BCUT2D eigenvalue weighted by atomic mass is 16.2. The van der Waals surface area contributed by atoms with Crippen LogP contribution >= 0.6 is 0 Å². The fraction of sp³-hybridized carbons (Fsp3) is 0.450. The third-order valence-electron chi connectivity index (χ3n) is 9.30. The van der Waals surface area contributed by atoms with E-state index < -0.39 is 77.6 Å². The normalized spacial score (nSPS) is 14.0. The number of unbranched alkanes of at least 4 members (excludes halogenated alkanes) is 1. The maximum absolute atomic E-state index is 14.0. The molecule has 1 heterocycles. The number of fused-ring (bicyclic) bond motifs is 1. The van der Waals surface area contributed by atoms with E-state index in [0.717, 1.165) is 22.9 Å². The lowest BCUT2D eigenvalue weighted by molar-refractivity contribution is -0.135. The number of para-hydroxylation sites is 1. The Hall–Kier alpha value is -6.46. The van der Waals surface area contributed by atoms with Gasteiger partial charge in [-0.1, -0.05) is 68.3 Å². The lowest BCUT2D eigenvalue weighted by Gasteiger charge is -2.26. The van der Waals surface area contributed by atoms with Gasteiger partial charge in [0.2, 0.25) is 41.4 Å². The zero-order chi connectivity index (χ0) is 42.8. The summed E-state index contributed by atoms with van der Waals surface area (Å²) in [5.74, 6) is -4.70. The van der Waals surface area contributed by atoms with Crippen LogP contribution in [0.5, 0.6) is 0 Å². The van der Waals surface area contributed by atoms with Gasteiger partial charge < -0.3 is 54.1 Å². The number of carbonyl (C=O) groups excluding carboxylic acids is 7. The maximum Gasteiger partial charge on any atom is 0.243 e. The van der Waals surface area contributed by atoms with Crippen LogP contribution in [0.4, 0.5) is 0 Å². The van der Waals surface area contributed by atoms with E-state index in [-0.39, 0.29) is 38.2 Å². The van der Waals surface area contributed by atoms with Gasteiger partial charge in [0.25, 0.3) is 0 Å². The van der Waals surface area contributed by atoms with Gasteiger partial charge >= 0.3 is 0 Å². The number of carbonyl (C=O) groups is 7. The summed E-state index contributed by atoms with van der Waals surface area (Å²) in [6.45, 7) is 6.24. The predicted molar refractivity (Wildman–Crippen MR) is 219 cm³/mol. The third kappa shape index (κ3) is 14.9. The molecule has 0 radical (unpaired) electrons. The van der Waals surface area contributed by atoms with Crippen molar-refractivity contribution in [2.45, 2.75) is 109 Å². The average molecular weight is 804 g/mol. The number of rotatable bonds is 23. The SMILES string of the molecule is CCCC[C@H](NC(C)=O)C(=O)N[C@@H](C)C(=O)N[C@H](Cc1ccccc1)C(=O)N[C@@H](CCCN=C(N)N)C(=O)N[C@@H](C)C(=O)N[C@@H](Cc1c[nH]c2ccccc12)C(N)=O. The molecule has 314 valence electrons. The van der Waals surface area contributed by atoms with Gasteiger partial charge in [-0.15, -0.1) is 0 Å². The lowest BCUT2D eigenvalue weighted by atomic mass is 10.0. The number of aromatic nitrogens is 1. The Labute approximate surface area is 337 Å². The highest BCUT2D eigenvalue weighted by Crippen LogP contribution is 2.19. The van der Waals surface area contributed by atoms with E-state index >= 15 is 0 Å². The first kappa shape index (κ1) is 45.9. The molecular formula is C40H57N11O7. The fourth-order valence-corrected chi connectivity index (χ4v) is 6.12. The predicted octanol–water partition coefficient (Wildman–Crippen LogP) is -0.349. The van der Waals surface area contributed by atoms with Crippen molar-refractivity contribution >= 4 is 58.2 Å². The van der Waals surface area contributed by atoms with Crippen molar-refractivity contribution in [3.63, 3.8) is 0 Å². The first-order valence-corrected chi connectivity index (χ1v) is 19.3. The molecular weight excluding hydrogens is 747 g/mol. The number of H-pyrrole nitrogens is 1. The zero-order valence-electron chi connectivity index (χ0n) is 33.4. The van der Waals surface area contributed by atoms with Gasteiger partial charge in [-0.2, -0.15) is 0 Å². The van der Waals surface area contributed by atoms with Crippen LogP contribution in [0.3, 0.4) is 0 Å². The summed E-state index contributed by atoms with van der Waals surface area (Å²) in [7, 11) is 0. The van der Waals surface area contributed by atoms with Crippen molar-refractivity contribution < 1.29 is 33.6 Å². The molecule has 58 heavy (non-hydrogen) atoms. The topological polar surface area (TPSA) is 298 Å². The molecule has 3 rings (SSSR count). The molecule has 0 aliphatic rings. The summed E-state index contributed by atoms with van der Waals surface area (Å²) in [6, 6.07) is 9.67. The maximum atomic E-state index is 14.0. The van der Waals surface area contributed by atoms with Crippen LogP contribution in [0, 0.1) is 0 Å². The molecule has 18 heteroatoms. The van der Waals surface area contributed by atoms with Crippen LogP contribution < -0.4 is 49.1 Å². The fourth-order valence-electron chi connectivity index (χ4n) is 6.12. The van der Waals surface area contributed by atoms with Crippen LogP contribution in [0.25, 0.3) is 10.9 Å². The molecule has 0 spiro atoms. The second-order valence-electron chi connectivity index (χ2n) is 14.1. The number of benzene rings is 2. The largest absolute Gasteiger partial charge is 0.370 e. The Bertz CT molecular complexity index is 1910. The number of amides is 7. The van der Waals surface area contributed by atoms with Crippen molar-refractivity contribution in [2.75, 3.05) is 6.54 Å². The number of primary amides is 1. The highest BCUT2D eigenvalue weighted by molar-refractivity contribution is 5.97. The van der Waals surface area contributed by atoms with Crippen molar-refractivity contribution in [3.05, 3.63) is 71.9 Å². The molecule has 0 aliphatic carbocycles. The van der Waals surface area contributed by atoms with Crippen molar-refractivity contribution in [3.8, 4) is 0 Å². The van der Waals surface area contributed by atoms with Gasteiger partial charge in [0.15, 0.2) is 5.96 Å². The first-order chi connectivity index (χ1) is 27.6. The smallest absolute Gasteiger partial charge is 0.243 e. The molecule has 13 N–H and O–H groups in total. The van der Waals surface area contributed by atoms with Crippen LogP contribution in [-0.2, 0) is 46.4 Å². The average Bonchev–Trinajstić information content (AvgIpc) is 3.59. The molecule has 0 bridgehead atoms. The minimum atomic E-state index is -1.22. The van der Waals surface area contributed by atoms with Gasteiger partial charge in [-0.25, -0.2) is 0 Å². The van der Waals surface area contributed by atoms with E-state index in [4.69, 9.17) is 17.2 Å². The van der Waals surface area contributed by atoms with E-state index in [2.05, 4.69) is 41.9 Å². The van der Waals surface area contributed by atoms with Gasteiger partial charge in [-0.3, -0.25) is 38.6 Å². The lowest BCUT2D eigenvalue weighted by Crippen LogP contribution is -2.59. The highest BCUT2D eigenvalue weighted by Gasteiger charge is 2.31. The number of hydrogen-bond acceptors (Lipinski definition) is 8. The zero-order valence-corrected chi connectivity index (χ0v) is 33.4. The number of nitrogens with one attached hydrogen (secondary N) is 7. The Morgan fingerprint density at radius 1 is 0.638 bits per heavy atom. The molecule has 0 aliphatic heterocycles. The van der Waals surface area contributed by atoms with E-state index in [1.165, 1.54) is 20.8 Å². The second-order valence-corrected chi connectivity index (χ2v) is 14.1. The quantitative estimate of drug-likeness (QED) is 0.0340. The Morgan fingerprint density at radius 3 is 1.76 bits per heavy atom. The number of aromatic amines is 1. The molecule has 1 aromatic heterocycles. The molecule has 3 aromatic rings. The number of nitrogens with two attached hydrogens (primary N) is 3. The Morgan fingerprint density at radius 2 is 1.17 bits per heavy atom. The van der Waals surface area contributed by atoms with Crippen LogP contribution in [0.1, 0.15) is 70.9 Å². The van der Waals surface area contributed by atoms with Gasteiger partial charge in [0, 0.05) is 43.4 Å². The first-order valence-electron chi connectivity index (χ1n) is 19.3. The van der Waals surface area contributed by atoms with E-state index in [1.807, 2.05) is 31.2 Å². The summed E-state index contributed by atoms with van der Waals surface area (Å²) in [5, 5.41) is 16.7.